The van der Waals surface area contributed by atoms with Crippen LogP contribution in [-0.2, 0) is 4.74 Å². The number of carbonyl (C=O) groups is 2. The fraction of sp³-hybridized carbons (Fsp3) is 0.0588. The molecule has 7 heteroatoms. The zero-order chi connectivity index (χ0) is 28.7. The molecule has 0 aliphatic rings. The van der Waals surface area contributed by atoms with Gasteiger partial charge in [0.1, 0.15) is 22.6 Å². The number of para-hydroxylation sites is 2. The number of benzene rings is 4. The minimum absolute atomic E-state index is 0.00573. The molecule has 0 spiro atoms. The second kappa shape index (κ2) is 10.2. The largest absolute Gasteiger partial charge is 0.455 e. The predicted molar refractivity (Wildman–Crippen MR) is 155 cm³/mol. The van der Waals surface area contributed by atoms with E-state index in [0.717, 1.165) is 0 Å². The summed E-state index contributed by atoms with van der Waals surface area (Å²) < 4.78 is 17.4. The van der Waals surface area contributed by atoms with Gasteiger partial charge in [0.05, 0.1) is 10.8 Å². The summed E-state index contributed by atoms with van der Waals surface area (Å²) >= 11 is 0. The Morgan fingerprint density at radius 1 is 0.537 bits per heavy atom. The molecule has 2 heterocycles. The molecule has 0 bridgehead atoms. The highest BCUT2D eigenvalue weighted by atomic mass is 16.6. The lowest BCUT2D eigenvalue weighted by molar-refractivity contribution is 0.0399. The van der Waals surface area contributed by atoms with E-state index in [0.29, 0.717) is 33.8 Å². The molecular weight excluding hydrogens is 520 g/mol. The Balaban J connectivity index is 1.43. The van der Waals surface area contributed by atoms with Crippen LogP contribution in [-0.4, -0.2) is 11.9 Å². The highest BCUT2D eigenvalue weighted by Crippen LogP contribution is 2.30. The van der Waals surface area contributed by atoms with Gasteiger partial charge in [0.25, 0.3) is 0 Å². The SMILES string of the molecule is Cc1c(-c2ccccc2)oc2c(C(=O)OC(=O)c3cccc4c(=O)c(C)c(-c5ccccc5)oc34)cccc2c1=O. The number of esters is 2. The summed E-state index contributed by atoms with van der Waals surface area (Å²) in [5.41, 5.74) is 1.34. The minimum atomic E-state index is -1.01. The highest BCUT2D eigenvalue weighted by Gasteiger charge is 2.24. The van der Waals surface area contributed by atoms with Gasteiger partial charge in [-0.25, -0.2) is 9.59 Å². The maximum Gasteiger partial charge on any atom is 0.349 e. The molecule has 0 aliphatic carbocycles. The standard InChI is InChI=1S/C34H22O7/c1-19-27(35)23-15-9-17-25(31(23)39-29(19)21-11-5-3-6-12-21)33(37)41-34(38)26-18-10-16-24-28(36)20(2)30(40-32(24)26)22-13-7-4-8-14-22/h3-18H,1-2H3. The summed E-state index contributed by atoms with van der Waals surface area (Å²) in [6, 6.07) is 27.1. The van der Waals surface area contributed by atoms with Crippen molar-refractivity contribution in [3.63, 3.8) is 0 Å². The Bertz CT molecular complexity index is 1950. The third kappa shape index (κ3) is 4.43. The van der Waals surface area contributed by atoms with Crippen LogP contribution in [0, 0.1) is 13.8 Å². The van der Waals surface area contributed by atoms with Crippen molar-refractivity contribution in [1.82, 2.24) is 0 Å². The summed E-state index contributed by atoms with van der Waals surface area (Å²) in [4.78, 5) is 53.0. The van der Waals surface area contributed by atoms with Crippen LogP contribution in [0.3, 0.4) is 0 Å². The van der Waals surface area contributed by atoms with Crippen molar-refractivity contribution in [3.05, 3.63) is 140 Å². The van der Waals surface area contributed by atoms with Crippen molar-refractivity contribution in [2.24, 2.45) is 0 Å². The zero-order valence-corrected chi connectivity index (χ0v) is 22.1. The predicted octanol–water partition coefficient (Wildman–Crippen LogP) is 6.85. The van der Waals surface area contributed by atoms with Crippen molar-refractivity contribution < 1.29 is 23.2 Å². The molecule has 6 rings (SSSR count). The number of hydrogen-bond acceptors (Lipinski definition) is 7. The Hall–Kier alpha value is -5.56. The summed E-state index contributed by atoms with van der Waals surface area (Å²) in [6.45, 7) is 3.31. The first-order chi connectivity index (χ1) is 19.8. The van der Waals surface area contributed by atoms with Gasteiger partial charge in [0, 0.05) is 22.3 Å². The van der Waals surface area contributed by atoms with Gasteiger partial charge in [0.15, 0.2) is 22.0 Å². The van der Waals surface area contributed by atoms with E-state index in [1.165, 1.54) is 24.3 Å². The molecule has 6 aromatic rings. The Morgan fingerprint density at radius 3 is 1.32 bits per heavy atom. The number of ether oxygens (including phenoxy) is 1. The Morgan fingerprint density at radius 2 is 0.927 bits per heavy atom. The van der Waals surface area contributed by atoms with Crippen LogP contribution in [0.25, 0.3) is 44.6 Å². The van der Waals surface area contributed by atoms with E-state index in [1.807, 2.05) is 36.4 Å². The molecule has 0 saturated heterocycles. The first kappa shape index (κ1) is 25.7. The van der Waals surface area contributed by atoms with E-state index in [1.54, 1.807) is 50.2 Å². The normalized spacial score (nSPS) is 11.1. The summed E-state index contributed by atoms with van der Waals surface area (Å²) in [5.74, 6) is -1.40. The molecular formula is C34H22O7. The molecule has 0 fully saturated rings. The first-order valence-electron chi connectivity index (χ1n) is 12.9. The van der Waals surface area contributed by atoms with Crippen molar-refractivity contribution >= 4 is 33.9 Å². The molecule has 41 heavy (non-hydrogen) atoms. The van der Waals surface area contributed by atoms with Gasteiger partial charge in [-0.05, 0) is 38.1 Å². The number of rotatable bonds is 4. The van der Waals surface area contributed by atoms with E-state index >= 15 is 0 Å². The van der Waals surface area contributed by atoms with Crippen LogP contribution in [0.15, 0.2) is 115 Å². The molecule has 0 atom stereocenters. The summed E-state index contributed by atoms with van der Waals surface area (Å²) in [7, 11) is 0. The smallest absolute Gasteiger partial charge is 0.349 e. The monoisotopic (exact) mass is 542 g/mol. The van der Waals surface area contributed by atoms with Crippen LogP contribution in [0.1, 0.15) is 31.8 Å². The number of carbonyl (C=O) groups excluding carboxylic acids is 2. The minimum Gasteiger partial charge on any atom is -0.455 e. The average Bonchev–Trinajstić information content (AvgIpc) is 3.01. The summed E-state index contributed by atoms with van der Waals surface area (Å²) in [6.07, 6.45) is 0. The van der Waals surface area contributed by atoms with Gasteiger partial charge in [-0.3, -0.25) is 9.59 Å². The van der Waals surface area contributed by atoms with Crippen molar-refractivity contribution in [3.8, 4) is 22.6 Å². The van der Waals surface area contributed by atoms with Gasteiger partial charge in [-0.2, -0.15) is 0 Å². The maximum atomic E-state index is 13.3. The second-order valence-corrected chi connectivity index (χ2v) is 9.54. The molecule has 200 valence electrons. The average molecular weight is 543 g/mol. The van der Waals surface area contributed by atoms with Gasteiger partial charge >= 0.3 is 11.9 Å². The lowest BCUT2D eigenvalue weighted by Crippen LogP contribution is -2.16. The molecule has 7 nitrogen and oxygen atoms in total. The lowest BCUT2D eigenvalue weighted by Gasteiger charge is -2.11. The van der Waals surface area contributed by atoms with Gasteiger partial charge in [-0.15, -0.1) is 0 Å². The maximum absolute atomic E-state index is 13.3. The molecule has 0 amide bonds. The third-order valence-corrected chi connectivity index (χ3v) is 6.99. The van der Waals surface area contributed by atoms with E-state index in [2.05, 4.69) is 0 Å². The van der Waals surface area contributed by atoms with Crippen LogP contribution in [0.5, 0.6) is 0 Å². The van der Waals surface area contributed by atoms with E-state index in [4.69, 9.17) is 13.6 Å². The molecule has 0 saturated carbocycles. The second-order valence-electron chi connectivity index (χ2n) is 9.54. The van der Waals surface area contributed by atoms with Crippen molar-refractivity contribution in [2.45, 2.75) is 13.8 Å². The third-order valence-electron chi connectivity index (χ3n) is 6.99. The molecule has 0 N–H and O–H groups in total. The van der Waals surface area contributed by atoms with Crippen LogP contribution in [0.4, 0.5) is 0 Å². The van der Waals surface area contributed by atoms with E-state index in [9.17, 15) is 19.2 Å². The van der Waals surface area contributed by atoms with Gasteiger partial charge < -0.3 is 13.6 Å². The Labute approximate surface area is 233 Å². The Kier molecular flexibility index (Phi) is 6.40. The van der Waals surface area contributed by atoms with Gasteiger partial charge in [-0.1, -0.05) is 72.8 Å². The zero-order valence-electron chi connectivity index (χ0n) is 22.1. The molecule has 0 aliphatic heterocycles. The van der Waals surface area contributed by atoms with Crippen molar-refractivity contribution in [1.29, 1.82) is 0 Å². The van der Waals surface area contributed by atoms with Crippen LogP contribution >= 0.6 is 0 Å². The lowest BCUT2D eigenvalue weighted by atomic mass is 10.0. The summed E-state index contributed by atoms with van der Waals surface area (Å²) in [5, 5.41) is 0.367. The van der Waals surface area contributed by atoms with Crippen LogP contribution in [0.2, 0.25) is 0 Å². The fourth-order valence-corrected chi connectivity index (χ4v) is 4.86. The fourth-order valence-electron chi connectivity index (χ4n) is 4.86. The van der Waals surface area contributed by atoms with Gasteiger partial charge in [0.2, 0.25) is 0 Å². The highest BCUT2D eigenvalue weighted by molar-refractivity contribution is 6.11. The molecule has 0 radical (unpaired) electrons. The quantitative estimate of drug-likeness (QED) is 0.177. The van der Waals surface area contributed by atoms with E-state index in [-0.39, 0.29) is 43.9 Å². The molecule has 4 aromatic carbocycles. The topological polar surface area (TPSA) is 104 Å². The van der Waals surface area contributed by atoms with Crippen molar-refractivity contribution in [2.75, 3.05) is 0 Å². The van der Waals surface area contributed by atoms with E-state index < -0.39 is 11.9 Å². The number of fused-ring (bicyclic) bond motifs is 2. The molecule has 2 aromatic heterocycles. The number of hydrogen-bond donors (Lipinski definition) is 0. The first-order valence-corrected chi connectivity index (χ1v) is 12.9. The van der Waals surface area contributed by atoms with Crippen LogP contribution < -0.4 is 10.9 Å². The molecule has 0 unspecified atom stereocenters.